The fraction of sp³-hybridized carbons (Fsp3) is 0.500. The van der Waals surface area contributed by atoms with Crippen LogP contribution in [-0.4, -0.2) is 32.2 Å². The van der Waals surface area contributed by atoms with Gasteiger partial charge in [0.05, 0.1) is 0 Å². The predicted molar refractivity (Wildman–Crippen MR) is 55.5 cm³/mol. The van der Waals surface area contributed by atoms with Gasteiger partial charge in [0.2, 0.25) is 0 Å². The Balaban J connectivity index is 1.90. The summed E-state index contributed by atoms with van der Waals surface area (Å²) < 4.78 is 1.96. The first-order chi connectivity index (χ1) is 7.43. The van der Waals surface area contributed by atoms with E-state index >= 15 is 0 Å². The molecule has 1 saturated heterocycles. The quantitative estimate of drug-likeness (QED) is 0.768. The van der Waals surface area contributed by atoms with Crippen LogP contribution >= 0.6 is 0 Å². The van der Waals surface area contributed by atoms with E-state index < -0.39 is 0 Å². The van der Waals surface area contributed by atoms with Crippen LogP contribution in [0.25, 0.3) is 5.78 Å². The molecule has 2 aromatic heterocycles. The van der Waals surface area contributed by atoms with Gasteiger partial charge >= 0.3 is 0 Å². The fourth-order valence-electron chi connectivity index (χ4n) is 2.08. The van der Waals surface area contributed by atoms with Gasteiger partial charge in [-0.2, -0.15) is 0 Å². The van der Waals surface area contributed by atoms with E-state index in [1.165, 1.54) is 12.8 Å². The minimum Gasteiger partial charge on any atom is -0.314 e. The van der Waals surface area contributed by atoms with Gasteiger partial charge in [0.1, 0.15) is 5.82 Å². The highest BCUT2D eigenvalue weighted by atomic mass is 15.3. The molecule has 1 N–H and O–H groups in total. The van der Waals surface area contributed by atoms with Crippen molar-refractivity contribution < 1.29 is 0 Å². The molecule has 0 bridgehead atoms. The second-order valence-corrected chi connectivity index (χ2v) is 3.90. The number of nitrogens with zero attached hydrogens (tertiary/aromatic N) is 4. The van der Waals surface area contributed by atoms with Crippen LogP contribution in [0.2, 0.25) is 0 Å². The molecular formula is C10H13N5. The third-order valence-electron chi connectivity index (χ3n) is 2.85. The molecule has 2 aromatic rings. The molecule has 3 rings (SSSR count). The van der Waals surface area contributed by atoms with Gasteiger partial charge in [-0.3, -0.25) is 4.40 Å². The zero-order valence-electron chi connectivity index (χ0n) is 8.43. The monoisotopic (exact) mass is 203 g/mol. The molecule has 0 aliphatic carbocycles. The van der Waals surface area contributed by atoms with E-state index in [4.69, 9.17) is 0 Å². The fourth-order valence-corrected chi connectivity index (χ4v) is 2.08. The van der Waals surface area contributed by atoms with Crippen molar-refractivity contribution in [2.75, 3.05) is 6.54 Å². The number of nitrogens with one attached hydrogen (secondary N) is 1. The number of hydrogen-bond acceptors (Lipinski definition) is 4. The molecule has 0 aromatic carbocycles. The van der Waals surface area contributed by atoms with E-state index in [9.17, 15) is 0 Å². The maximum atomic E-state index is 4.17. The Hall–Kier alpha value is -1.49. The minimum atomic E-state index is 0.553. The molecule has 5 nitrogen and oxygen atoms in total. The van der Waals surface area contributed by atoms with Crippen molar-refractivity contribution in [3.8, 4) is 0 Å². The molecule has 78 valence electrons. The second kappa shape index (κ2) is 3.58. The van der Waals surface area contributed by atoms with Gasteiger partial charge in [-0.15, -0.1) is 10.2 Å². The lowest BCUT2D eigenvalue weighted by Gasteiger charge is -2.07. The molecule has 1 atom stereocenters. The van der Waals surface area contributed by atoms with E-state index in [-0.39, 0.29) is 0 Å². The Morgan fingerprint density at radius 2 is 2.47 bits per heavy atom. The highest BCUT2D eigenvalue weighted by molar-refractivity contribution is 5.26. The molecule has 0 spiro atoms. The SMILES string of the molecule is c1cnc2nnc(CC3CCCN3)n2c1. The van der Waals surface area contributed by atoms with Crippen LogP contribution in [0.4, 0.5) is 0 Å². The summed E-state index contributed by atoms with van der Waals surface area (Å²) in [5.41, 5.74) is 0. The number of fused-ring (bicyclic) bond motifs is 1. The van der Waals surface area contributed by atoms with Crippen LogP contribution in [0.15, 0.2) is 18.5 Å². The molecule has 3 heterocycles. The van der Waals surface area contributed by atoms with Gasteiger partial charge in [-0.1, -0.05) is 0 Å². The van der Waals surface area contributed by atoms with Crippen LogP contribution in [0.1, 0.15) is 18.7 Å². The van der Waals surface area contributed by atoms with Crippen LogP contribution < -0.4 is 5.32 Å². The number of aromatic nitrogens is 4. The summed E-state index contributed by atoms with van der Waals surface area (Å²) >= 11 is 0. The Morgan fingerprint density at radius 1 is 1.47 bits per heavy atom. The first-order valence-corrected chi connectivity index (χ1v) is 5.31. The largest absolute Gasteiger partial charge is 0.314 e. The lowest BCUT2D eigenvalue weighted by atomic mass is 10.1. The van der Waals surface area contributed by atoms with Crippen molar-refractivity contribution in [2.45, 2.75) is 25.3 Å². The average Bonchev–Trinajstić information content (AvgIpc) is 2.89. The second-order valence-electron chi connectivity index (χ2n) is 3.90. The topological polar surface area (TPSA) is 55.1 Å². The predicted octanol–water partition coefficient (Wildman–Crippen LogP) is 0.419. The third kappa shape index (κ3) is 1.59. The average molecular weight is 203 g/mol. The molecule has 1 unspecified atom stereocenters. The highest BCUT2D eigenvalue weighted by Crippen LogP contribution is 2.10. The summed E-state index contributed by atoms with van der Waals surface area (Å²) in [6.07, 6.45) is 7.13. The zero-order valence-corrected chi connectivity index (χ0v) is 8.43. The lowest BCUT2D eigenvalue weighted by Crippen LogP contribution is -2.24. The smallest absolute Gasteiger partial charge is 0.254 e. The number of hydrogen-bond donors (Lipinski definition) is 1. The maximum absolute atomic E-state index is 4.17. The zero-order chi connectivity index (χ0) is 10.1. The van der Waals surface area contributed by atoms with Crippen LogP contribution in [-0.2, 0) is 6.42 Å². The van der Waals surface area contributed by atoms with Gasteiger partial charge in [0, 0.05) is 24.9 Å². The molecule has 0 amide bonds. The van der Waals surface area contributed by atoms with E-state index in [1.54, 1.807) is 6.20 Å². The minimum absolute atomic E-state index is 0.553. The summed E-state index contributed by atoms with van der Waals surface area (Å²) in [7, 11) is 0. The lowest BCUT2D eigenvalue weighted by molar-refractivity contribution is 0.582. The summed E-state index contributed by atoms with van der Waals surface area (Å²) in [4.78, 5) is 4.15. The van der Waals surface area contributed by atoms with E-state index in [0.29, 0.717) is 11.8 Å². The van der Waals surface area contributed by atoms with Crippen molar-refractivity contribution >= 4 is 5.78 Å². The van der Waals surface area contributed by atoms with Crippen LogP contribution in [0.3, 0.4) is 0 Å². The van der Waals surface area contributed by atoms with E-state index in [1.807, 2.05) is 16.7 Å². The molecular weight excluding hydrogens is 190 g/mol. The van der Waals surface area contributed by atoms with Gasteiger partial charge in [0.25, 0.3) is 5.78 Å². The standard InChI is InChI=1S/C10H13N5/c1-3-8(11-4-1)7-9-13-14-10-12-5-2-6-15(9)10/h2,5-6,8,11H,1,3-4,7H2. The molecule has 1 fully saturated rings. The molecule has 5 heteroatoms. The van der Waals surface area contributed by atoms with Crippen LogP contribution in [0.5, 0.6) is 0 Å². The summed E-state index contributed by atoms with van der Waals surface area (Å²) in [6.45, 7) is 1.12. The van der Waals surface area contributed by atoms with Crippen molar-refractivity contribution in [1.82, 2.24) is 24.9 Å². The normalized spacial score (nSPS) is 21.2. The Kier molecular flexibility index (Phi) is 2.10. The third-order valence-corrected chi connectivity index (χ3v) is 2.85. The molecule has 1 aliphatic heterocycles. The van der Waals surface area contributed by atoms with Crippen molar-refractivity contribution in [2.24, 2.45) is 0 Å². The van der Waals surface area contributed by atoms with E-state index in [2.05, 4.69) is 20.5 Å². The Morgan fingerprint density at radius 3 is 3.33 bits per heavy atom. The summed E-state index contributed by atoms with van der Waals surface area (Å²) in [5.74, 6) is 1.68. The molecule has 15 heavy (non-hydrogen) atoms. The van der Waals surface area contributed by atoms with E-state index in [0.717, 1.165) is 18.8 Å². The van der Waals surface area contributed by atoms with Crippen molar-refractivity contribution in [1.29, 1.82) is 0 Å². The molecule has 0 radical (unpaired) electrons. The Bertz CT molecular complexity index is 458. The van der Waals surface area contributed by atoms with Crippen molar-refractivity contribution in [3.63, 3.8) is 0 Å². The van der Waals surface area contributed by atoms with Gasteiger partial charge in [0.15, 0.2) is 0 Å². The Labute approximate surface area is 87.5 Å². The van der Waals surface area contributed by atoms with Gasteiger partial charge < -0.3 is 5.32 Å². The van der Waals surface area contributed by atoms with Gasteiger partial charge in [-0.25, -0.2) is 4.98 Å². The molecule has 0 saturated carbocycles. The maximum Gasteiger partial charge on any atom is 0.254 e. The summed E-state index contributed by atoms with van der Waals surface area (Å²) in [5, 5.41) is 11.7. The van der Waals surface area contributed by atoms with Gasteiger partial charge in [-0.05, 0) is 25.5 Å². The summed E-state index contributed by atoms with van der Waals surface area (Å²) in [6, 6.07) is 2.46. The first kappa shape index (κ1) is 8.79. The highest BCUT2D eigenvalue weighted by Gasteiger charge is 2.17. The molecule has 1 aliphatic rings. The van der Waals surface area contributed by atoms with Crippen LogP contribution in [0, 0.1) is 0 Å². The number of rotatable bonds is 2. The van der Waals surface area contributed by atoms with Crippen molar-refractivity contribution in [3.05, 3.63) is 24.3 Å². The first-order valence-electron chi connectivity index (χ1n) is 5.31.